The molecule has 57 heavy (non-hydrogen) atoms. The molecule has 0 bridgehead atoms. The highest BCUT2D eigenvalue weighted by Crippen LogP contribution is 2.44. The Kier molecular flexibility index (Phi) is 10.1. The Labute approximate surface area is 331 Å². The number of ether oxygens (including phenoxy) is 4. The molecule has 5 aromatic rings. The van der Waals surface area contributed by atoms with Gasteiger partial charge in [0.15, 0.2) is 0 Å². The number of aromatic nitrogens is 4. The van der Waals surface area contributed by atoms with Crippen molar-refractivity contribution < 1.29 is 33.3 Å². The van der Waals surface area contributed by atoms with E-state index >= 15 is 0 Å². The first kappa shape index (κ1) is 38.3. The van der Waals surface area contributed by atoms with Gasteiger partial charge in [-0.15, -0.1) is 0 Å². The summed E-state index contributed by atoms with van der Waals surface area (Å²) in [5.41, 5.74) is 6.07. The van der Waals surface area contributed by atoms with Gasteiger partial charge in [0, 0.05) is 37.1 Å². The van der Waals surface area contributed by atoms with E-state index < -0.39 is 17.7 Å². The minimum atomic E-state index is -0.695. The third kappa shape index (κ3) is 7.38. The molecule has 3 aliphatic rings. The van der Waals surface area contributed by atoms with Crippen molar-refractivity contribution in [2.75, 3.05) is 33.9 Å². The fourth-order valence-electron chi connectivity index (χ4n) is 8.54. The number of aromatic amines is 2. The maximum Gasteiger partial charge on any atom is 0.410 e. The smallest absolute Gasteiger partial charge is 0.410 e. The van der Waals surface area contributed by atoms with Gasteiger partial charge in [0.2, 0.25) is 5.91 Å². The van der Waals surface area contributed by atoms with Gasteiger partial charge >= 0.3 is 12.2 Å². The average molecular weight is 778 g/mol. The number of likely N-dealkylation sites (tertiary alicyclic amines) is 2. The van der Waals surface area contributed by atoms with Crippen molar-refractivity contribution in [1.29, 1.82) is 0 Å². The van der Waals surface area contributed by atoms with E-state index in [0.29, 0.717) is 26.3 Å². The number of hydrogen-bond donors (Lipinski definition) is 3. The first-order valence-electron chi connectivity index (χ1n) is 19.7. The largest absolute Gasteiger partial charge is 0.488 e. The van der Waals surface area contributed by atoms with E-state index in [0.717, 1.165) is 86.4 Å². The number of imidazole rings is 2. The van der Waals surface area contributed by atoms with Crippen LogP contribution in [0.1, 0.15) is 83.2 Å². The fourth-order valence-corrected chi connectivity index (χ4v) is 8.54. The predicted octanol–water partition coefficient (Wildman–Crippen LogP) is 7.65. The normalized spacial score (nSPS) is 19.8. The van der Waals surface area contributed by atoms with Crippen molar-refractivity contribution >= 4 is 39.9 Å². The van der Waals surface area contributed by atoms with Crippen LogP contribution < -0.4 is 10.1 Å². The van der Waals surface area contributed by atoms with E-state index in [9.17, 15) is 14.4 Å². The zero-order valence-corrected chi connectivity index (χ0v) is 33.6. The molecule has 2 fully saturated rings. The molecule has 3 amide bonds. The highest BCUT2D eigenvalue weighted by Gasteiger charge is 2.41. The minimum Gasteiger partial charge on any atom is -0.488 e. The van der Waals surface area contributed by atoms with E-state index in [1.165, 1.54) is 7.11 Å². The molecule has 2 saturated heterocycles. The molecule has 2 unspecified atom stereocenters. The summed E-state index contributed by atoms with van der Waals surface area (Å²) >= 11 is 0. The fraction of sp³-hybridized carbons (Fsp3) is 0.465. The zero-order valence-electron chi connectivity index (χ0n) is 33.6. The van der Waals surface area contributed by atoms with Crippen LogP contribution in [-0.4, -0.2) is 93.4 Å². The first-order valence-corrected chi connectivity index (χ1v) is 19.7. The third-order valence-electron chi connectivity index (χ3n) is 11.2. The predicted molar refractivity (Wildman–Crippen MR) is 214 cm³/mol. The molecule has 0 aliphatic carbocycles. The van der Waals surface area contributed by atoms with Gasteiger partial charge in [-0.25, -0.2) is 19.6 Å². The van der Waals surface area contributed by atoms with E-state index in [2.05, 4.69) is 51.7 Å². The number of fused-ring (bicyclic) bond motifs is 6. The summed E-state index contributed by atoms with van der Waals surface area (Å²) < 4.78 is 22.4. The molecule has 0 radical (unpaired) electrons. The van der Waals surface area contributed by atoms with Crippen LogP contribution in [0.3, 0.4) is 0 Å². The summed E-state index contributed by atoms with van der Waals surface area (Å²) in [5, 5.41) is 4.70. The van der Waals surface area contributed by atoms with Crippen molar-refractivity contribution in [2.24, 2.45) is 11.8 Å². The van der Waals surface area contributed by atoms with Gasteiger partial charge in [-0.1, -0.05) is 32.0 Å². The summed E-state index contributed by atoms with van der Waals surface area (Å²) in [5.74, 6) is 2.14. The topological polar surface area (TPSA) is 164 Å². The van der Waals surface area contributed by atoms with Gasteiger partial charge in [-0.3, -0.25) is 9.69 Å². The van der Waals surface area contributed by atoms with Gasteiger partial charge in [0.05, 0.1) is 48.7 Å². The Morgan fingerprint density at radius 1 is 1.00 bits per heavy atom. The Balaban J connectivity index is 1.04. The molecule has 14 heteroatoms. The summed E-state index contributed by atoms with van der Waals surface area (Å²) in [7, 11) is 2.98. The molecule has 5 heterocycles. The molecule has 3 aliphatic heterocycles. The Bertz CT molecular complexity index is 2340. The Morgan fingerprint density at radius 2 is 1.82 bits per heavy atom. The van der Waals surface area contributed by atoms with E-state index in [4.69, 9.17) is 28.9 Å². The molecular weight excluding hydrogens is 727 g/mol. The van der Waals surface area contributed by atoms with E-state index in [1.54, 1.807) is 12.0 Å². The zero-order chi connectivity index (χ0) is 40.2. The molecule has 4 atom stereocenters. The number of nitrogens with one attached hydrogen (secondary N) is 3. The number of rotatable bonds is 8. The van der Waals surface area contributed by atoms with Gasteiger partial charge in [0.1, 0.15) is 35.6 Å². The molecule has 300 valence electrons. The number of methoxy groups -OCH3 is 2. The standard InChI is InChI=1S/C43H51N7O7/c1-23(2)36(48-41(52)55-7)40(51)49-14-8-9-33(49)38-44-19-32(46-38)26-10-12-28-27(16-26)22-56-35-18-29-25(17-30(28)35)11-13-31-37(29)47-39(45-31)34-15-24(21-54-6)20-50(34)42(53)57-43(3,4)5/h10-13,16-19,23-24,33-34,36H,8-9,14-15,20-22H2,1-7H3,(H,44,46)(H,45,47)(H,48,52)/t24?,33-,34?,36-/m0/s1. The van der Waals surface area contributed by atoms with Crippen LogP contribution in [0.25, 0.3) is 44.2 Å². The molecule has 3 N–H and O–H groups in total. The minimum absolute atomic E-state index is 0.111. The lowest BCUT2D eigenvalue weighted by molar-refractivity contribution is -0.135. The van der Waals surface area contributed by atoms with Crippen LogP contribution in [0.5, 0.6) is 5.75 Å². The lowest BCUT2D eigenvalue weighted by atomic mass is 9.92. The number of hydrogen-bond acceptors (Lipinski definition) is 9. The monoisotopic (exact) mass is 777 g/mol. The molecule has 14 nitrogen and oxygen atoms in total. The first-order chi connectivity index (χ1) is 27.3. The molecular formula is C43H51N7O7. The maximum atomic E-state index is 13.6. The van der Waals surface area contributed by atoms with Crippen LogP contribution in [0.4, 0.5) is 9.59 Å². The molecule has 3 aromatic carbocycles. The molecule has 2 aromatic heterocycles. The lowest BCUT2D eigenvalue weighted by Gasteiger charge is -2.30. The van der Waals surface area contributed by atoms with Crippen molar-refractivity contribution in [3.8, 4) is 28.1 Å². The Morgan fingerprint density at radius 3 is 2.58 bits per heavy atom. The number of alkyl carbamates (subject to hydrolysis) is 1. The number of H-pyrrole nitrogens is 2. The number of nitrogens with zero attached hydrogens (tertiary/aromatic N) is 4. The van der Waals surface area contributed by atoms with Crippen LogP contribution in [0.15, 0.2) is 48.7 Å². The SMILES string of the molecule is COCC1CC(c2nc3c(ccc4cc5c(cc43)OCc3cc(-c4cnc([C@@H]6CCCN6C(=O)[C@@H](NC(=O)OC)C(C)C)[nH]4)ccc3-5)[nH]2)N(C(=O)OC(C)(C)C)C1. The summed E-state index contributed by atoms with van der Waals surface area (Å²) in [6, 6.07) is 13.5. The number of benzene rings is 3. The van der Waals surface area contributed by atoms with E-state index in [-0.39, 0.29) is 35.9 Å². The molecule has 0 saturated carbocycles. The van der Waals surface area contributed by atoms with Crippen LogP contribution >= 0.6 is 0 Å². The quantitative estimate of drug-likeness (QED) is 0.144. The third-order valence-corrected chi connectivity index (χ3v) is 11.2. The van der Waals surface area contributed by atoms with Gasteiger partial charge in [-0.2, -0.15) is 0 Å². The summed E-state index contributed by atoms with van der Waals surface area (Å²) in [6.45, 7) is 11.5. The molecule has 8 rings (SSSR count). The summed E-state index contributed by atoms with van der Waals surface area (Å²) in [6.07, 6.45) is 3.17. The van der Waals surface area contributed by atoms with Crippen molar-refractivity contribution in [1.82, 2.24) is 35.1 Å². The van der Waals surface area contributed by atoms with Crippen molar-refractivity contribution in [3.63, 3.8) is 0 Å². The van der Waals surface area contributed by atoms with Crippen molar-refractivity contribution in [2.45, 2.75) is 84.2 Å². The number of amides is 3. The van der Waals surface area contributed by atoms with Crippen LogP contribution in [-0.2, 0) is 25.6 Å². The second-order valence-corrected chi connectivity index (χ2v) is 16.7. The number of carbonyl (C=O) groups is 3. The van der Waals surface area contributed by atoms with Crippen LogP contribution in [0, 0.1) is 11.8 Å². The maximum absolute atomic E-state index is 13.6. The van der Waals surface area contributed by atoms with Gasteiger partial charge in [0.25, 0.3) is 0 Å². The van der Waals surface area contributed by atoms with Crippen molar-refractivity contribution in [3.05, 3.63) is 65.9 Å². The highest BCUT2D eigenvalue weighted by atomic mass is 16.6. The lowest BCUT2D eigenvalue weighted by Crippen LogP contribution is -2.51. The average Bonchev–Trinajstić information content (AvgIpc) is 4.01. The van der Waals surface area contributed by atoms with Gasteiger partial charge < -0.3 is 39.1 Å². The number of carbonyl (C=O) groups excluding carboxylic acids is 3. The van der Waals surface area contributed by atoms with E-state index in [1.807, 2.05) is 51.8 Å². The summed E-state index contributed by atoms with van der Waals surface area (Å²) in [4.78, 5) is 59.4. The second-order valence-electron chi connectivity index (χ2n) is 16.7. The molecule has 0 spiro atoms. The van der Waals surface area contributed by atoms with Crippen LogP contribution in [0.2, 0.25) is 0 Å². The van der Waals surface area contributed by atoms with Gasteiger partial charge in [-0.05, 0) is 92.3 Å². The Hall–Kier alpha value is -5.63. The second kappa shape index (κ2) is 15.0. The highest BCUT2D eigenvalue weighted by molar-refractivity contribution is 6.07.